The maximum atomic E-state index is 11.4. The molecular weight excluding hydrogens is 202 g/mol. The number of carboxylic acids is 1. The molecule has 0 fully saturated rings. The van der Waals surface area contributed by atoms with Crippen molar-refractivity contribution in [3.63, 3.8) is 0 Å². The van der Waals surface area contributed by atoms with Gasteiger partial charge in [-0.1, -0.05) is 27.7 Å². The van der Waals surface area contributed by atoms with Crippen LogP contribution in [-0.2, 0) is 4.79 Å². The number of carbonyl (C=O) groups is 1. The fourth-order valence-corrected chi connectivity index (χ4v) is 1.78. The Morgan fingerprint density at radius 2 is 1.75 bits per heavy atom. The van der Waals surface area contributed by atoms with Crippen molar-refractivity contribution < 1.29 is 9.90 Å². The molecule has 0 amide bonds. The molecule has 0 radical (unpaired) electrons. The van der Waals surface area contributed by atoms with Gasteiger partial charge in [-0.3, -0.25) is 9.69 Å². The van der Waals surface area contributed by atoms with E-state index in [4.69, 9.17) is 0 Å². The molecule has 0 heterocycles. The number of rotatable bonds is 7. The lowest BCUT2D eigenvalue weighted by molar-refractivity contribution is -0.150. The summed E-state index contributed by atoms with van der Waals surface area (Å²) in [6, 6.07) is 0. The Kier molecular flexibility index (Phi) is 6.01. The molecule has 0 aromatic rings. The molecule has 0 aliphatic heterocycles. The maximum absolute atomic E-state index is 11.4. The SMILES string of the molecule is CC(C)CCC(C)(C(=O)O)N(C)CC(C)C. The second kappa shape index (κ2) is 6.24. The Morgan fingerprint density at radius 1 is 1.25 bits per heavy atom. The summed E-state index contributed by atoms with van der Waals surface area (Å²) in [5, 5.41) is 9.39. The second-order valence-electron chi connectivity index (χ2n) is 5.79. The minimum atomic E-state index is -0.728. The number of nitrogens with zero attached hydrogens (tertiary/aromatic N) is 1. The first kappa shape index (κ1) is 15.4. The summed E-state index contributed by atoms with van der Waals surface area (Å²) < 4.78 is 0. The second-order valence-corrected chi connectivity index (χ2v) is 5.79. The monoisotopic (exact) mass is 229 g/mol. The van der Waals surface area contributed by atoms with Gasteiger partial charge < -0.3 is 5.11 Å². The number of hydrogen-bond donors (Lipinski definition) is 1. The number of carboxylic acid groups (broad SMARTS) is 1. The predicted octanol–water partition coefficient (Wildman–Crippen LogP) is 2.85. The lowest BCUT2D eigenvalue weighted by Crippen LogP contribution is -2.51. The lowest BCUT2D eigenvalue weighted by atomic mass is 9.90. The third-order valence-electron chi connectivity index (χ3n) is 3.15. The van der Waals surface area contributed by atoms with Crippen molar-refractivity contribution in [1.29, 1.82) is 0 Å². The van der Waals surface area contributed by atoms with Gasteiger partial charge in [0.1, 0.15) is 5.54 Å². The third-order valence-corrected chi connectivity index (χ3v) is 3.15. The molecule has 1 atom stereocenters. The molecule has 1 unspecified atom stereocenters. The van der Waals surface area contributed by atoms with Crippen molar-refractivity contribution in [2.45, 2.75) is 53.0 Å². The molecule has 1 N–H and O–H groups in total. The molecule has 0 aliphatic rings. The molecule has 3 nitrogen and oxygen atoms in total. The molecule has 16 heavy (non-hydrogen) atoms. The summed E-state index contributed by atoms with van der Waals surface area (Å²) in [4.78, 5) is 13.4. The summed E-state index contributed by atoms with van der Waals surface area (Å²) in [7, 11) is 1.91. The van der Waals surface area contributed by atoms with Crippen molar-refractivity contribution in [3.8, 4) is 0 Å². The van der Waals surface area contributed by atoms with E-state index in [1.54, 1.807) is 0 Å². The van der Waals surface area contributed by atoms with Gasteiger partial charge in [-0.05, 0) is 38.6 Å². The average molecular weight is 229 g/mol. The van der Waals surface area contributed by atoms with E-state index in [9.17, 15) is 9.90 Å². The summed E-state index contributed by atoms with van der Waals surface area (Å²) >= 11 is 0. The third kappa shape index (κ3) is 4.52. The maximum Gasteiger partial charge on any atom is 0.323 e. The van der Waals surface area contributed by atoms with Gasteiger partial charge in [0.15, 0.2) is 0 Å². The summed E-state index contributed by atoms with van der Waals surface area (Å²) in [5.41, 5.74) is -0.728. The van der Waals surface area contributed by atoms with Gasteiger partial charge in [-0.2, -0.15) is 0 Å². The predicted molar refractivity (Wildman–Crippen MR) is 67.6 cm³/mol. The van der Waals surface area contributed by atoms with Crippen molar-refractivity contribution in [2.24, 2.45) is 11.8 Å². The normalized spacial score (nSPS) is 15.8. The van der Waals surface area contributed by atoms with E-state index >= 15 is 0 Å². The van der Waals surface area contributed by atoms with E-state index < -0.39 is 11.5 Å². The molecular formula is C13H27NO2. The van der Waals surface area contributed by atoms with Crippen LogP contribution in [0.3, 0.4) is 0 Å². The Bertz CT molecular complexity index is 226. The smallest absolute Gasteiger partial charge is 0.323 e. The zero-order valence-electron chi connectivity index (χ0n) is 11.6. The quantitative estimate of drug-likeness (QED) is 0.729. The van der Waals surface area contributed by atoms with Gasteiger partial charge in [-0.15, -0.1) is 0 Å². The van der Waals surface area contributed by atoms with Crippen LogP contribution in [0.5, 0.6) is 0 Å². The van der Waals surface area contributed by atoms with Crippen LogP contribution in [0, 0.1) is 11.8 Å². The molecule has 0 saturated heterocycles. The van der Waals surface area contributed by atoms with E-state index in [1.807, 2.05) is 18.9 Å². The molecule has 0 aromatic heterocycles. The number of aliphatic carboxylic acids is 1. The van der Waals surface area contributed by atoms with Crippen LogP contribution < -0.4 is 0 Å². The van der Waals surface area contributed by atoms with E-state index in [0.717, 1.165) is 13.0 Å². The van der Waals surface area contributed by atoms with Gasteiger partial charge in [0, 0.05) is 6.54 Å². The van der Waals surface area contributed by atoms with Crippen LogP contribution in [0.15, 0.2) is 0 Å². The molecule has 3 heteroatoms. The van der Waals surface area contributed by atoms with Gasteiger partial charge in [0.05, 0.1) is 0 Å². The van der Waals surface area contributed by atoms with Crippen molar-refractivity contribution in [2.75, 3.05) is 13.6 Å². The van der Waals surface area contributed by atoms with Crippen molar-refractivity contribution in [1.82, 2.24) is 4.90 Å². The molecule has 0 spiro atoms. The first-order valence-corrected chi connectivity index (χ1v) is 6.14. The van der Waals surface area contributed by atoms with Gasteiger partial charge in [-0.25, -0.2) is 0 Å². The molecule has 0 rings (SSSR count). The van der Waals surface area contributed by atoms with Crippen LogP contribution >= 0.6 is 0 Å². The largest absolute Gasteiger partial charge is 0.480 e. The highest BCUT2D eigenvalue weighted by atomic mass is 16.4. The van der Waals surface area contributed by atoms with Crippen LogP contribution in [0.25, 0.3) is 0 Å². The highest BCUT2D eigenvalue weighted by Gasteiger charge is 2.37. The first-order valence-electron chi connectivity index (χ1n) is 6.14. The zero-order valence-corrected chi connectivity index (χ0v) is 11.6. The molecule has 96 valence electrons. The van der Waals surface area contributed by atoms with E-state index in [-0.39, 0.29) is 0 Å². The minimum Gasteiger partial charge on any atom is -0.480 e. The van der Waals surface area contributed by atoms with Gasteiger partial charge >= 0.3 is 5.97 Å². The number of hydrogen-bond acceptors (Lipinski definition) is 2. The van der Waals surface area contributed by atoms with Gasteiger partial charge in [0.2, 0.25) is 0 Å². The Balaban J connectivity index is 4.61. The Morgan fingerprint density at radius 3 is 2.06 bits per heavy atom. The van der Waals surface area contributed by atoms with Crippen LogP contribution in [-0.4, -0.2) is 35.1 Å². The van der Waals surface area contributed by atoms with E-state index in [1.165, 1.54) is 0 Å². The van der Waals surface area contributed by atoms with Crippen molar-refractivity contribution in [3.05, 3.63) is 0 Å². The Labute approximate surface area is 99.8 Å². The summed E-state index contributed by atoms with van der Waals surface area (Å²) in [5.74, 6) is 0.324. The highest BCUT2D eigenvalue weighted by Crippen LogP contribution is 2.23. The van der Waals surface area contributed by atoms with Crippen molar-refractivity contribution >= 4 is 5.97 Å². The number of likely N-dealkylation sites (N-methyl/N-ethyl adjacent to an activating group) is 1. The lowest BCUT2D eigenvalue weighted by Gasteiger charge is -2.36. The van der Waals surface area contributed by atoms with Gasteiger partial charge in [0.25, 0.3) is 0 Å². The zero-order chi connectivity index (χ0) is 12.9. The first-order chi connectivity index (χ1) is 7.20. The fourth-order valence-electron chi connectivity index (χ4n) is 1.78. The summed E-state index contributed by atoms with van der Waals surface area (Å²) in [6.45, 7) is 11.1. The minimum absolute atomic E-state index is 0.489. The van der Waals surface area contributed by atoms with Crippen LogP contribution in [0.2, 0.25) is 0 Å². The van der Waals surface area contributed by atoms with E-state index in [2.05, 4.69) is 27.7 Å². The molecule has 0 aromatic carbocycles. The molecule has 0 bridgehead atoms. The summed E-state index contributed by atoms with van der Waals surface area (Å²) in [6.07, 6.45) is 1.66. The highest BCUT2D eigenvalue weighted by molar-refractivity contribution is 5.78. The van der Waals surface area contributed by atoms with Crippen LogP contribution in [0.4, 0.5) is 0 Å². The van der Waals surface area contributed by atoms with E-state index in [0.29, 0.717) is 18.3 Å². The fraction of sp³-hybridized carbons (Fsp3) is 0.923. The Hall–Kier alpha value is -0.570. The average Bonchev–Trinajstić information content (AvgIpc) is 2.12. The van der Waals surface area contributed by atoms with Crippen LogP contribution in [0.1, 0.15) is 47.5 Å². The molecule has 0 aliphatic carbocycles. The topological polar surface area (TPSA) is 40.5 Å². The standard InChI is InChI=1S/C13H27NO2/c1-10(2)7-8-13(5,12(15)16)14(6)9-11(3)4/h10-11H,7-9H2,1-6H3,(H,15,16). The molecule has 0 saturated carbocycles.